The van der Waals surface area contributed by atoms with Crippen LogP contribution in [-0.4, -0.2) is 44.1 Å². The fourth-order valence-corrected chi connectivity index (χ4v) is 2.96. The molecule has 22 heavy (non-hydrogen) atoms. The predicted molar refractivity (Wildman–Crippen MR) is 94.5 cm³/mol. The first-order valence-electron chi connectivity index (χ1n) is 8.08. The maximum atomic E-state index is 5.89. The van der Waals surface area contributed by atoms with E-state index in [0.717, 1.165) is 36.5 Å². The quantitative estimate of drug-likeness (QED) is 0.647. The Hall–Kier alpha value is -1.26. The Morgan fingerprint density at radius 2 is 2.09 bits per heavy atom. The van der Waals surface area contributed by atoms with Crippen molar-refractivity contribution in [2.45, 2.75) is 26.3 Å². The molecule has 2 rings (SSSR count). The van der Waals surface area contributed by atoms with Crippen molar-refractivity contribution in [3.05, 3.63) is 34.9 Å². The molecule has 1 aromatic carbocycles. The van der Waals surface area contributed by atoms with Crippen LogP contribution in [0.25, 0.3) is 0 Å². The Kier molecular flexibility index (Phi) is 7.00. The lowest BCUT2D eigenvalue weighted by Crippen LogP contribution is -2.43. The third-order valence-corrected chi connectivity index (χ3v) is 4.31. The molecule has 0 amide bonds. The number of piperidine rings is 1. The molecule has 1 heterocycles. The SMILES string of the molecule is CN=C(NCCN1CCCC(C)C1)NCc1ccc(Cl)cc1. The monoisotopic (exact) mass is 322 g/mol. The Morgan fingerprint density at radius 3 is 2.77 bits per heavy atom. The maximum Gasteiger partial charge on any atom is 0.191 e. The topological polar surface area (TPSA) is 39.7 Å². The van der Waals surface area contributed by atoms with E-state index in [1.54, 1.807) is 7.05 Å². The van der Waals surface area contributed by atoms with E-state index in [-0.39, 0.29) is 0 Å². The molecule has 1 aliphatic rings. The summed E-state index contributed by atoms with van der Waals surface area (Å²) in [6.45, 7) is 7.53. The Morgan fingerprint density at radius 1 is 1.32 bits per heavy atom. The van der Waals surface area contributed by atoms with Crippen molar-refractivity contribution in [3.63, 3.8) is 0 Å². The first-order chi connectivity index (χ1) is 10.7. The minimum absolute atomic E-state index is 0.748. The zero-order valence-electron chi connectivity index (χ0n) is 13.6. The number of rotatable bonds is 5. The zero-order valence-corrected chi connectivity index (χ0v) is 14.4. The van der Waals surface area contributed by atoms with Gasteiger partial charge in [0.2, 0.25) is 0 Å². The van der Waals surface area contributed by atoms with E-state index in [1.807, 2.05) is 24.3 Å². The van der Waals surface area contributed by atoms with Gasteiger partial charge in [-0.15, -0.1) is 0 Å². The summed E-state index contributed by atoms with van der Waals surface area (Å²) in [6.07, 6.45) is 2.69. The van der Waals surface area contributed by atoms with Crippen molar-refractivity contribution in [2.24, 2.45) is 10.9 Å². The van der Waals surface area contributed by atoms with Crippen molar-refractivity contribution in [1.82, 2.24) is 15.5 Å². The van der Waals surface area contributed by atoms with Gasteiger partial charge in [-0.25, -0.2) is 0 Å². The van der Waals surface area contributed by atoms with E-state index in [2.05, 4.69) is 27.4 Å². The highest BCUT2D eigenvalue weighted by Gasteiger charge is 2.15. The van der Waals surface area contributed by atoms with Crippen LogP contribution in [0.5, 0.6) is 0 Å². The number of aliphatic imine (C=N–C) groups is 1. The molecule has 0 saturated carbocycles. The van der Waals surface area contributed by atoms with Crippen LogP contribution in [0.15, 0.2) is 29.3 Å². The fraction of sp³-hybridized carbons (Fsp3) is 0.588. The first-order valence-corrected chi connectivity index (χ1v) is 8.46. The summed E-state index contributed by atoms with van der Waals surface area (Å²) < 4.78 is 0. The lowest BCUT2D eigenvalue weighted by Gasteiger charge is -2.30. The van der Waals surface area contributed by atoms with E-state index in [1.165, 1.54) is 31.5 Å². The molecule has 1 aliphatic heterocycles. The number of guanidine groups is 1. The summed E-state index contributed by atoms with van der Waals surface area (Å²) in [5.74, 6) is 1.68. The summed E-state index contributed by atoms with van der Waals surface area (Å²) in [4.78, 5) is 6.80. The van der Waals surface area contributed by atoms with E-state index in [0.29, 0.717) is 0 Å². The Bertz CT molecular complexity index is 472. The van der Waals surface area contributed by atoms with Gasteiger partial charge in [-0.05, 0) is 43.0 Å². The van der Waals surface area contributed by atoms with Crippen molar-refractivity contribution in [1.29, 1.82) is 0 Å². The average Bonchev–Trinajstić information content (AvgIpc) is 2.52. The molecule has 0 aliphatic carbocycles. The van der Waals surface area contributed by atoms with Crippen LogP contribution in [0.1, 0.15) is 25.3 Å². The van der Waals surface area contributed by atoms with Crippen LogP contribution in [0, 0.1) is 5.92 Å². The normalized spacial score (nSPS) is 20.0. The van der Waals surface area contributed by atoms with Crippen LogP contribution < -0.4 is 10.6 Å². The second-order valence-corrected chi connectivity index (χ2v) is 6.46. The average molecular weight is 323 g/mol. The molecular weight excluding hydrogens is 296 g/mol. The molecule has 0 bridgehead atoms. The molecule has 4 nitrogen and oxygen atoms in total. The number of halogens is 1. The lowest BCUT2D eigenvalue weighted by molar-refractivity contribution is 0.187. The van der Waals surface area contributed by atoms with Gasteiger partial charge >= 0.3 is 0 Å². The molecule has 0 spiro atoms. The van der Waals surface area contributed by atoms with Gasteiger partial charge in [0, 0.05) is 38.2 Å². The van der Waals surface area contributed by atoms with Crippen LogP contribution >= 0.6 is 11.6 Å². The fourth-order valence-electron chi connectivity index (χ4n) is 2.83. The van der Waals surface area contributed by atoms with Crippen LogP contribution in [0.4, 0.5) is 0 Å². The van der Waals surface area contributed by atoms with Gasteiger partial charge in [0.05, 0.1) is 0 Å². The van der Waals surface area contributed by atoms with Crippen LogP contribution in [0.2, 0.25) is 5.02 Å². The molecule has 5 heteroatoms. The van der Waals surface area contributed by atoms with Gasteiger partial charge in [-0.1, -0.05) is 30.7 Å². The molecule has 2 N–H and O–H groups in total. The van der Waals surface area contributed by atoms with Crippen LogP contribution in [0.3, 0.4) is 0 Å². The van der Waals surface area contributed by atoms with E-state index in [9.17, 15) is 0 Å². The molecule has 122 valence electrons. The van der Waals surface area contributed by atoms with Gasteiger partial charge in [0.15, 0.2) is 5.96 Å². The van der Waals surface area contributed by atoms with E-state index < -0.39 is 0 Å². The second-order valence-electron chi connectivity index (χ2n) is 6.03. The molecule has 1 unspecified atom stereocenters. The first kappa shape index (κ1) is 17.1. The van der Waals surface area contributed by atoms with Crippen molar-refractivity contribution < 1.29 is 0 Å². The highest BCUT2D eigenvalue weighted by atomic mass is 35.5. The third kappa shape index (κ3) is 5.85. The highest BCUT2D eigenvalue weighted by Crippen LogP contribution is 2.14. The summed E-state index contributed by atoms with van der Waals surface area (Å²) >= 11 is 5.89. The molecule has 1 aromatic rings. The summed E-state index contributed by atoms with van der Waals surface area (Å²) in [5.41, 5.74) is 1.19. The van der Waals surface area contributed by atoms with Crippen molar-refractivity contribution in [3.8, 4) is 0 Å². The van der Waals surface area contributed by atoms with Gasteiger partial charge in [0.1, 0.15) is 0 Å². The number of hydrogen-bond acceptors (Lipinski definition) is 2. The highest BCUT2D eigenvalue weighted by molar-refractivity contribution is 6.30. The third-order valence-electron chi connectivity index (χ3n) is 4.06. The summed E-state index contributed by atoms with van der Waals surface area (Å²) in [7, 11) is 1.81. The van der Waals surface area contributed by atoms with E-state index in [4.69, 9.17) is 11.6 Å². The predicted octanol–water partition coefficient (Wildman–Crippen LogP) is 2.74. The zero-order chi connectivity index (χ0) is 15.8. The summed E-state index contributed by atoms with van der Waals surface area (Å²) in [6, 6.07) is 7.87. The van der Waals surface area contributed by atoms with Gasteiger partial charge < -0.3 is 15.5 Å². The van der Waals surface area contributed by atoms with Gasteiger partial charge in [-0.2, -0.15) is 0 Å². The molecule has 0 aromatic heterocycles. The lowest BCUT2D eigenvalue weighted by atomic mass is 10.0. The Labute approximate surface area is 138 Å². The van der Waals surface area contributed by atoms with Crippen molar-refractivity contribution in [2.75, 3.05) is 33.2 Å². The van der Waals surface area contributed by atoms with E-state index >= 15 is 0 Å². The minimum atomic E-state index is 0.748. The van der Waals surface area contributed by atoms with Gasteiger partial charge in [0.25, 0.3) is 0 Å². The molecule has 1 saturated heterocycles. The number of benzene rings is 1. The van der Waals surface area contributed by atoms with Crippen LogP contribution in [-0.2, 0) is 6.54 Å². The number of likely N-dealkylation sites (tertiary alicyclic amines) is 1. The number of hydrogen-bond donors (Lipinski definition) is 2. The second kappa shape index (κ2) is 9.01. The molecule has 1 fully saturated rings. The summed E-state index contributed by atoms with van der Waals surface area (Å²) in [5, 5.41) is 7.48. The Balaban J connectivity index is 1.67. The maximum absolute atomic E-state index is 5.89. The molecular formula is C17H27ClN4. The minimum Gasteiger partial charge on any atom is -0.355 e. The largest absolute Gasteiger partial charge is 0.355 e. The van der Waals surface area contributed by atoms with Gasteiger partial charge in [-0.3, -0.25) is 4.99 Å². The standard InChI is InChI=1S/C17H27ClN4/c1-14-4-3-10-22(13-14)11-9-20-17(19-2)21-12-15-5-7-16(18)8-6-15/h5-8,14H,3-4,9-13H2,1-2H3,(H2,19,20,21). The van der Waals surface area contributed by atoms with Crippen molar-refractivity contribution >= 4 is 17.6 Å². The molecule has 0 radical (unpaired) electrons. The smallest absolute Gasteiger partial charge is 0.191 e. The number of nitrogens with zero attached hydrogens (tertiary/aromatic N) is 2. The number of nitrogens with one attached hydrogen (secondary N) is 2. The molecule has 1 atom stereocenters.